The quantitative estimate of drug-likeness (QED) is 0.120. The van der Waals surface area contributed by atoms with Crippen molar-refractivity contribution in [2.75, 3.05) is 19.0 Å². The van der Waals surface area contributed by atoms with Gasteiger partial charge in [-0.05, 0) is 74.3 Å². The third kappa shape index (κ3) is 10.7. The Morgan fingerprint density at radius 2 is 1.92 bits per heavy atom. The van der Waals surface area contributed by atoms with E-state index in [1.54, 1.807) is 24.4 Å². The van der Waals surface area contributed by atoms with E-state index in [2.05, 4.69) is 31.1 Å². The van der Waals surface area contributed by atoms with Crippen molar-refractivity contribution in [3.8, 4) is 5.75 Å². The van der Waals surface area contributed by atoms with E-state index in [1.807, 2.05) is 24.4 Å². The van der Waals surface area contributed by atoms with Crippen LogP contribution in [0.25, 0.3) is 10.2 Å². The zero-order chi connectivity index (χ0) is 35.0. The molecule has 2 aliphatic carbocycles. The van der Waals surface area contributed by atoms with Gasteiger partial charge in [0.2, 0.25) is 6.41 Å². The van der Waals surface area contributed by atoms with Gasteiger partial charge in [-0.25, -0.2) is 9.37 Å². The summed E-state index contributed by atoms with van der Waals surface area (Å²) in [5, 5.41) is 6.28. The molecule has 2 heterocycles. The number of aromatic nitrogens is 1. The molecular weight excluding hydrogens is 686 g/mol. The predicted octanol–water partition coefficient (Wildman–Crippen LogP) is 6.14. The summed E-state index contributed by atoms with van der Waals surface area (Å²) in [6.45, 7) is 9.70. The molecule has 2 amide bonds. The number of nitrogens with one attached hydrogen (secondary N) is 2. The van der Waals surface area contributed by atoms with Crippen LogP contribution in [-0.2, 0) is 15.7 Å². The summed E-state index contributed by atoms with van der Waals surface area (Å²) in [5.74, 6) is 2.90. The van der Waals surface area contributed by atoms with Gasteiger partial charge >= 0.3 is 57.6 Å². The number of hydrogen-bond donors (Lipinski definition) is 2. The number of amides is 2. The molecule has 0 spiro atoms. The van der Waals surface area contributed by atoms with Gasteiger partial charge in [0.25, 0.3) is 5.91 Å². The van der Waals surface area contributed by atoms with E-state index in [0.717, 1.165) is 33.8 Å². The van der Waals surface area contributed by atoms with E-state index in [0.29, 0.717) is 47.4 Å². The number of carbonyl (C=O) groups is 2. The molecule has 2 aromatic carbocycles. The third-order valence-corrected chi connectivity index (χ3v) is 10.7. The van der Waals surface area contributed by atoms with Crippen LogP contribution in [0.5, 0.6) is 5.75 Å². The molecule has 2 N–H and O–H groups in total. The van der Waals surface area contributed by atoms with Gasteiger partial charge in [-0.1, -0.05) is 46.1 Å². The van der Waals surface area contributed by atoms with Crippen LogP contribution in [0.2, 0.25) is 0 Å². The van der Waals surface area contributed by atoms with Crippen LogP contribution in [0, 0.1) is 36.4 Å². The van der Waals surface area contributed by atoms with Crippen LogP contribution in [0.3, 0.4) is 0 Å². The van der Waals surface area contributed by atoms with Crippen molar-refractivity contribution >= 4 is 39.6 Å². The van der Waals surface area contributed by atoms with Gasteiger partial charge in [-0.2, -0.15) is 26.0 Å². The number of rotatable bonds is 9. The Kier molecular flexibility index (Phi) is 16.5. The van der Waals surface area contributed by atoms with Crippen LogP contribution in [0.1, 0.15) is 93.1 Å². The molecule has 3 aliphatic rings. The van der Waals surface area contributed by atoms with Crippen molar-refractivity contribution in [3.63, 3.8) is 0 Å². The number of ether oxygens (including phenoxy) is 2. The monoisotopic (exact) mass is 731 g/mol. The number of unbranched alkanes of at least 4 members (excludes halogenated alkanes) is 1. The van der Waals surface area contributed by atoms with E-state index in [1.165, 1.54) is 51.4 Å². The molecule has 49 heavy (non-hydrogen) atoms. The Labute approximate surface area is 333 Å². The van der Waals surface area contributed by atoms with Gasteiger partial charge in [0.05, 0.1) is 27.9 Å². The Morgan fingerprint density at radius 3 is 2.53 bits per heavy atom. The van der Waals surface area contributed by atoms with Gasteiger partial charge in [0.1, 0.15) is 17.1 Å². The van der Waals surface area contributed by atoms with Crippen molar-refractivity contribution in [1.82, 2.24) is 10.3 Å². The number of fused-ring (bicyclic) bond motifs is 3. The van der Waals surface area contributed by atoms with Crippen LogP contribution in [0.4, 0.5) is 23.2 Å². The summed E-state index contributed by atoms with van der Waals surface area (Å²) in [6.07, 6.45) is 6.10. The number of aryl methyl sites for hydroxylation is 1. The summed E-state index contributed by atoms with van der Waals surface area (Å²) >= 11 is 1.56. The van der Waals surface area contributed by atoms with E-state index in [9.17, 15) is 27.2 Å². The summed E-state index contributed by atoms with van der Waals surface area (Å²) < 4.78 is 61.0. The summed E-state index contributed by atoms with van der Waals surface area (Å²) in [6, 6.07) is 6.29. The second kappa shape index (κ2) is 19.3. The number of anilines is 1. The van der Waals surface area contributed by atoms with E-state index in [4.69, 9.17) is 9.47 Å². The summed E-state index contributed by atoms with van der Waals surface area (Å²) in [4.78, 5) is 27.4. The number of carbonyl (C=O) groups excluding carboxylic acids is 2. The number of thiazole rings is 1. The predicted molar refractivity (Wildman–Crippen MR) is 181 cm³/mol. The van der Waals surface area contributed by atoms with Crippen molar-refractivity contribution in [1.29, 1.82) is 0 Å². The minimum absolute atomic E-state index is 0. The van der Waals surface area contributed by atoms with Crippen LogP contribution in [-0.4, -0.2) is 43.2 Å². The van der Waals surface area contributed by atoms with Crippen molar-refractivity contribution < 1.29 is 88.0 Å². The van der Waals surface area contributed by atoms with Crippen LogP contribution >= 0.6 is 11.3 Å². The maximum absolute atomic E-state index is 13.0. The van der Waals surface area contributed by atoms with Gasteiger partial charge in [0.15, 0.2) is 0 Å². The summed E-state index contributed by atoms with van der Waals surface area (Å²) in [7, 11) is 1.62. The molecule has 7 nitrogen and oxygen atoms in total. The van der Waals surface area contributed by atoms with Crippen LogP contribution in [0.15, 0.2) is 30.3 Å². The van der Waals surface area contributed by atoms with E-state index in [-0.39, 0.29) is 69.4 Å². The Bertz CT molecular complexity index is 1540. The minimum atomic E-state index is -4.76. The molecule has 5 atom stereocenters. The van der Waals surface area contributed by atoms with E-state index >= 15 is 0 Å². The first kappa shape index (κ1) is 41.8. The molecule has 264 valence electrons. The Balaban J connectivity index is 0.000000215. The first-order valence-corrected chi connectivity index (χ1v) is 17.5. The molecule has 1 aromatic heterocycles. The van der Waals surface area contributed by atoms with Crippen molar-refractivity contribution in [2.45, 2.75) is 97.4 Å². The van der Waals surface area contributed by atoms with E-state index < -0.39 is 17.6 Å². The smallest absolute Gasteiger partial charge is 0.496 e. The van der Waals surface area contributed by atoms with Crippen LogP contribution < -0.4 is 66.8 Å². The number of alkyl halides is 3. The molecule has 6 rings (SSSR count). The maximum Gasteiger partial charge on any atom is 1.00 e. The fourth-order valence-corrected chi connectivity index (χ4v) is 8.07. The first-order chi connectivity index (χ1) is 22.9. The van der Waals surface area contributed by atoms with Gasteiger partial charge in [-0.3, -0.25) is 15.5 Å². The fourth-order valence-electron chi connectivity index (χ4n) is 7.11. The third-order valence-electron chi connectivity index (χ3n) is 9.67. The number of nitrogens with zero attached hydrogens (tertiary/aromatic N) is 1. The standard InChI is InChI=1S/C18H22N2O2S.C10H19O.C8H5F4NO.K/c1-9-11-4-5-12(8-11)16(9)20-18(21)15-14(22-3)7-6-13-17(15)23-10(2)19-13;1-3-5-6-10-9(4-2)7-8-11-10;9-7-2-1-5(13-4-14)3-6(7)8(10,11)12;/h6-7,9,11-12,16H,4-5,8H2,1-3H3,(H,20,21);10H,3-8H2,1-2H3;1-4H,(H,13,14);/q;-1;;+1/t9?,11-,12?,16?;;;/m1.../s1. The molecule has 3 fully saturated rings. The number of halogens is 4. The maximum atomic E-state index is 13.0. The van der Waals surface area contributed by atoms with Gasteiger partial charge in [-0.15, -0.1) is 11.3 Å². The second-order valence-electron chi connectivity index (χ2n) is 12.6. The Hall–Kier alpha value is -1.61. The normalized spacial score (nSPS) is 22.8. The average Bonchev–Trinajstić information content (AvgIpc) is 3.85. The Morgan fingerprint density at radius 1 is 1.18 bits per heavy atom. The molecule has 13 heteroatoms. The average molecular weight is 732 g/mol. The van der Waals surface area contributed by atoms with Gasteiger partial charge < -0.3 is 20.1 Å². The molecule has 4 unspecified atom stereocenters. The molecule has 2 bridgehead atoms. The second-order valence-corrected chi connectivity index (χ2v) is 13.8. The van der Waals surface area contributed by atoms with Gasteiger partial charge in [0, 0.05) is 18.3 Å². The first-order valence-electron chi connectivity index (χ1n) is 16.7. The minimum Gasteiger partial charge on any atom is -0.496 e. The zero-order valence-electron chi connectivity index (χ0n) is 29.2. The fraction of sp³-hybridized carbons (Fsp3) is 0.556. The molecule has 3 aromatic rings. The molecule has 1 saturated heterocycles. The number of methoxy groups -OCH3 is 1. The van der Waals surface area contributed by atoms with Crippen molar-refractivity contribution in [2.24, 2.45) is 17.8 Å². The zero-order valence-corrected chi connectivity index (χ0v) is 33.2. The molecule has 1 aliphatic heterocycles. The summed E-state index contributed by atoms with van der Waals surface area (Å²) in [5.41, 5.74) is 0.0167. The SMILES string of the molecule is CCCCC1OCC[C-]1CC.COc1ccc2nc(C)sc2c1C(=O)NC1C2CC[C@H](C2)C1C.O=CNc1ccc(F)c(C(F)(F)F)c1.[K+]. The molecule has 2 saturated carbocycles. The topological polar surface area (TPSA) is 89.6 Å². The largest absolute Gasteiger partial charge is 1.00 e. The number of benzene rings is 2. The van der Waals surface area contributed by atoms with Crippen molar-refractivity contribution in [3.05, 3.63) is 58.2 Å². The molecular formula is C36H46F4KN3O4S. The number of hydrogen-bond acceptors (Lipinski definition) is 6. The molecule has 0 radical (unpaired) electrons.